The Bertz CT molecular complexity index is 1410. The smallest absolute Gasteiger partial charge is 0.335 e. The normalized spacial score (nSPS) is 11.7. The van der Waals surface area contributed by atoms with E-state index in [2.05, 4.69) is 15.9 Å². The van der Waals surface area contributed by atoms with Crippen LogP contribution < -0.4 is 0 Å². The van der Waals surface area contributed by atoms with E-state index in [9.17, 15) is 23.4 Å². The van der Waals surface area contributed by atoms with E-state index in [1.807, 2.05) is 0 Å². The molecule has 0 bridgehead atoms. The van der Waals surface area contributed by atoms with E-state index >= 15 is 0 Å². The van der Waals surface area contributed by atoms with Gasteiger partial charge < -0.3 is 10.2 Å². The van der Waals surface area contributed by atoms with Crippen molar-refractivity contribution < 1.29 is 23.4 Å². The summed E-state index contributed by atoms with van der Waals surface area (Å²) in [5.74, 6) is -1.69. The average Bonchev–Trinajstić information content (AvgIpc) is 3.10. The van der Waals surface area contributed by atoms with Crippen molar-refractivity contribution in [1.82, 2.24) is 3.97 Å². The highest BCUT2D eigenvalue weighted by Crippen LogP contribution is 2.39. The van der Waals surface area contributed by atoms with Crippen LogP contribution in [0, 0.1) is 0 Å². The molecule has 0 saturated carbocycles. The maximum Gasteiger partial charge on any atom is 0.335 e. The van der Waals surface area contributed by atoms with Crippen molar-refractivity contribution in [2.75, 3.05) is 0 Å². The van der Waals surface area contributed by atoms with E-state index < -0.39 is 21.7 Å². The topological polar surface area (TPSA) is 96.6 Å². The summed E-state index contributed by atoms with van der Waals surface area (Å²) < 4.78 is 28.8. The van der Waals surface area contributed by atoms with Crippen LogP contribution in [0.2, 0.25) is 5.02 Å². The van der Waals surface area contributed by atoms with Crippen LogP contribution in [0.4, 0.5) is 0 Å². The molecule has 0 spiro atoms. The summed E-state index contributed by atoms with van der Waals surface area (Å²) in [6.45, 7) is 0. The lowest BCUT2D eigenvalue weighted by Gasteiger charge is -2.14. The molecule has 2 N–H and O–H groups in total. The van der Waals surface area contributed by atoms with Crippen molar-refractivity contribution in [2.45, 2.75) is 4.90 Å². The fraction of sp³-hybridized carbons (Fsp3) is 0. The first-order valence-electron chi connectivity index (χ1n) is 8.58. The van der Waals surface area contributed by atoms with Crippen LogP contribution in [0.5, 0.6) is 5.75 Å². The Labute approximate surface area is 185 Å². The molecule has 0 saturated heterocycles. The lowest BCUT2D eigenvalue weighted by Crippen LogP contribution is -2.14. The fourth-order valence-electron chi connectivity index (χ4n) is 3.23. The third kappa shape index (κ3) is 3.36. The molecule has 4 rings (SSSR count). The molecule has 1 aromatic heterocycles. The Kier molecular flexibility index (Phi) is 5.09. The number of phenols is 1. The van der Waals surface area contributed by atoms with Crippen LogP contribution in [0.25, 0.3) is 22.2 Å². The number of carbonyl (C=O) groups is 1. The van der Waals surface area contributed by atoms with E-state index in [0.29, 0.717) is 21.1 Å². The number of hydrogen-bond acceptors (Lipinski definition) is 4. The highest BCUT2D eigenvalue weighted by molar-refractivity contribution is 9.10. The van der Waals surface area contributed by atoms with Gasteiger partial charge in [-0.1, -0.05) is 57.9 Å². The second kappa shape index (κ2) is 7.46. The molecule has 0 aliphatic carbocycles. The zero-order chi connectivity index (χ0) is 21.6. The number of halogens is 2. The number of phenolic OH excluding ortho intramolecular Hbond substituents is 1. The van der Waals surface area contributed by atoms with Crippen molar-refractivity contribution in [3.05, 3.63) is 81.8 Å². The Morgan fingerprint density at radius 3 is 2.37 bits per heavy atom. The summed E-state index contributed by atoms with van der Waals surface area (Å²) in [5.41, 5.74) is 1.23. The van der Waals surface area contributed by atoms with E-state index in [1.54, 1.807) is 36.4 Å². The van der Waals surface area contributed by atoms with Gasteiger partial charge in [0.05, 0.1) is 21.8 Å². The molecule has 4 aromatic rings. The first-order chi connectivity index (χ1) is 14.2. The van der Waals surface area contributed by atoms with Crippen molar-refractivity contribution in [1.29, 1.82) is 0 Å². The van der Waals surface area contributed by atoms with Crippen LogP contribution in [0.3, 0.4) is 0 Å². The van der Waals surface area contributed by atoms with E-state index in [0.717, 1.165) is 3.97 Å². The Morgan fingerprint density at radius 2 is 1.70 bits per heavy atom. The van der Waals surface area contributed by atoms with Crippen molar-refractivity contribution in [3.8, 4) is 17.0 Å². The summed E-state index contributed by atoms with van der Waals surface area (Å²) in [7, 11) is -4.31. The van der Waals surface area contributed by atoms with Crippen LogP contribution in [-0.2, 0) is 10.0 Å². The Balaban J connectivity index is 2.10. The van der Waals surface area contributed by atoms with Gasteiger partial charge in [0.1, 0.15) is 4.90 Å². The van der Waals surface area contributed by atoms with Crippen LogP contribution in [-0.4, -0.2) is 28.6 Å². The average molecular weight is 507 g/mol. The summed E-state index contributed by atoms with van der Waals surface area (Å²) in [6.07, 6.45) is 0. The molecule has 152 valence electrons. The number of carboxylic acid groups (broad SMARTS) is 1. The number of benzene rings is 3. The van der Waals surface area contributed by atoms with Crippen LogP contribution in [0.15, 0.2) is 76.1 Å². The molecule has 3 aromatic carbocycles. The minimum Gasteiger partial charge on any atom is -0.505 e. The van der Waals surface area contributed by atoms with Gasteiger partial charge in [0, 0.05) is 9.86 Å². The molecule has 0 amide bonds. The molecule has 0 aliphatic heterocycles. The SMILES string of the molecule is O=C(O)c1ccc2c(c1)cc(-c1ccccc1)n2S(=O)(=O)c1cc(Br)cc(Cl)c1O. The predicted molar refractivity (Wildman–Crippen MR) is 118 cm³/mol. The number of carboxylic acids is 1. The first kappa shape index (κ1) is 20.5. The van der Waals surface area contributed by atoms with Gasteiger partial charge in [-0.2, -0.15) is 0 Å². The maximum atomic E-state index is 13.7. The van der Waals surface area contributed by atoms with Crippen molar-refractivity contribution in [2.24, 2.45) is 0 Å². The zero-order valence-corrected chi connectivity index (χ0v) is 18.2. The van der Waals surface area contributed by atoms with Gasteiger partial charge in [0.15, 0.2) is 5.75 Å². The molecular formula is C21H13BrClNO5S. The third-order valence-corrected chi connectivity index (χ3v) is 7.07. The van der Waals surface area contributed by atoms with Gasteiger partial charge in [0.25, 0.3) is 10.0 Å². The summed E-state index contributed by atoms with van der Waals surface area (Å²) in [5, 5.41) is 20.0. The largest absolute Gasteiger partial charge is 0.505 e. The summed E-state index contributed by atoms with van der Waals surface area (Å²) in [4.78, 5) is 11.0. The highest BCUT2D eigenvalue weighted by atomic mass is 79.9. The minimum absolute atomic E-state index is 0.0324. The highest BCUT2D eigenvalue weighted by Gasteiger charge is 2.28. The lowest BCUT2D eigenvalue weighted by molar-refractivity contribution is 0.0697. The molecule has 0 fully saturated rings. The molecule has 6 nitrogen and oxygen atoms in total. The predicted octanol–water partition coefficient (Wildman–Crippen LogP) is 5.37. The molecule has 0 unspecified atom stereocenters. The van der Waals surface area contributed by atoms with Crippen LogP contribution >= 0.6 is 27.5 Å². The summed E-state index contributed by atoms with van der Waals surface area (Å²) >= 11 is 9.21. The van der Waals surface area contributed by atoms with Gasteiger partial charge in [-0.05, 0) is 42.0 Å². The quantitative estimate of drug-likeness (QED) is 0.388. The standard InChI is InChI=1S/C21H13BrClNO5S/c22-15-10-16(23)20(25)19(11-15)30(28,29)24-17-7-6-13(21(26)27)8-14(17)9-18(24)12-4-2-1-3-5-12/h1-11,25H,(H,26,27). The Morgan fingerprint density at radius 1 is 1.00 bits per heavy atom. The third-order valence-electron chi connectivity index (χ3n) is 4.59. The van der Waals surface area contributed by atoms with E-state index in [1.165, 1.54) is 30.3 Å². The number of fused-ring (bicyclic) bond motifs is 1. The van der Waals surface area contributed by atoms with Gasteiger partial charge in [0.2, 0.25) is 0 Å². The second-order valence-electron chi connectivity index (χ2n) is 6.48. The number of aromatic carboxylic acids is 1. The van der Waals surface area contributed by atoms with Gasteiger partial charge >= 0.3 is 5.97 Å². The number of hydrogen-bond donors (Lipinski definition) is 2. The minimum atomic E-state index is -4.31. The molecule has 1 heterocycles. The fourth-order valence-corrected chi connectivity index (χ4v) is 5.92. The van der Waals surface area contributed by atoms with Gasteiger partial charge in [-0.3, -0.25) is 0 Å². The molecular weight excluding hydrogens is 494 g/mol. The van der Waals surface area contributed by atoms with Gasteiger partial charge in [-0.15, -0.1) is 0 Å². The summed E-state index contributed by atoms with van der Waals surface area (Å²) in [6, 6.07) is 17.2. The number of aromatic hydroxyl groups is 1. The molecule has 9 heteroatoms. The van der Waals surface area contributed by atoms with E-state index in [4.69, 9.17) is 11.6 Å². The van der Waals surface area contributed by atoms with E-state index in [-0.39, 0.29) is 21.0 Å². The molecule has 30 heavy (non-hydrogen) atoms. The number of rotatable bonds is 4. The molecule has 0 aliphatic rings. The van der Waals surface area contributed by atoms with Crippen molar-refractivity contribution in [3.63, 3.8) is 0 Å². The lowest BCUT2D eigenvalue weighted by atomic mass is 10.1. The first-order valence-corrected chi connectivity index (χ1v) is 11.2. The second-order valence-corrected chi connectivity index (χ2v) is 9.56. The number of aromatic nitrogens is 1. The van der Waals surface area contributed by atoms with Crippen LogP contribution in [0.1, 0.15) is 10.4 Å². The maximum absolute atomic E-state index is 13.7. The zero-order valence-electron chi connectivity index (χ0n) is 15.1. The Hall–Kier alpha value is -2.81. The number of nitrogens with zero attached hydrogens (tertiary/aromatic N) is 1. The molecule has 0 atom stereocenters. The molecule has 0 radical (unpaired) electrons. The van der Waals surface area contributed by atoms with Crippen molar-refractivity contribution >= 4 is 54.4 Å². The van der Waals surface area contributed by atoms with Gasteiger partial charge in [-0.25, -0.2) is 17.2 Å². The monoisotopic (exact) mass is 505 g/mol.